The van der Waals surface area contributed by atoms with Crippen molar-refractivity contribution in [1.29, 1.82) is 0 Å². The number of benzene rings is 1. The maximum Gasteiger partial charge on any atom is 0.342 e. The number of ether oxygens (including phenoxy) is 3. The minimum atomic E-state index is -0.823. The van der Waals surface area contributed by atoms with Crippen LogP contribution in [0.3, 0.4) is 0 Å². The minimum absolute atomic E-state index is 0.0230. The molecule has 13 nitrogen and oxygen atoms in total. The molecule has 0 aliphatic heterocycles. The number of aromatic nitrogens is 2. The topological polar surface area (TPSA) is 182 Å². The van der Waals surface area contributed by atoms with Crippen LogP contribution in [0.1, 0.15) is 39.2 Å². The van der Waals surface area contributed by atoms with Crippen molar-refractivity contribution < 1.29 is 33.1 Å². The smallest absolute Gasteiger partial charge is 0.342 e. The molecule has 0 aliphatic carbocycles. The number of furan rings is 1. The molecule has 3 N–H and O–H groups in total. The number of rotatable bonds is 10. The number of hydrogen-bond acceptors (Lipinski definition) is 12. The Morgan fingerprint density at radius 2 is 2.00 bits per heavy atom. The molecule has 0 radical (unpaired) electrons. The molecule has 13 heteroatoms. The number of anilines is 2. The SMILES string of the molecule is CCOC(=O)c1c(C)oc2nc(COC(=O)c3ccc(NCCOC)c([N+](=O)[O-])c3)nc(N)c12. The van der Waals surface area contributed by atoms with Gasteiger partial charge in [-0.3, -0.25) is 10.1 Å². The number of nitro benzene ring substituents is 1. The first kappa shape index (κ1) is 24.4. The predicted molar refractivity (Wildman–Crippen MR) is 119 cm³/mol. The lowest BCUT2D eigenvalue weighted by atomic mass is 10.1. The molecule has 0 saturated carbocycles. The van der Waals surface area contributed by atoms with Crippen LogP contribution in [0, 0.1) is 17.0 Å². The van der Waals surface area contributed by atoms with Gasteiger partial charge >= 0.3 is 11.9 Å². The van der Waals surface area contributed by atoms with Crippen molar-refractivity contribution in [3.05, 3.63) is 51.0 Å². The van der Waals surface area contributed by atoms with Gasteiger partial charge < -0.3 is 29.7 Å². The lowest BCUT2D eigenvalue weighted by Gasteiger charge is -2.09. The van der Waals surface area contributed by atoms with Gasteiger partial charge in [-0.15, -0.1) is 0 Å². The number of methoxy groups -OCH3 is 1. The minimum Gasteiger partial charge on any atom is -0.462 e. The van der Waals surface area contributed by atoms with E-state index in [0.717, 1.165) is 6.07 Å². The number of fused-ring (bicyclic) bond motifs is 1. The molecule has 0 spiro atoms. The van der Waals surface area contributed by atoms with Crippen LogP contribution in [-0.2, 0) is 20.8 Å². The van der Waals surface area contributed by atoms with Crippen LogP contribution < -0.4 is 11.1 Å². The first-order chi connectivity index (χ1) is 16.3. The first-order valence-electron chi connectivity index (χ1n) is 10.2. The molecule has 0 bridgehead atoms. The number of nitrogens with one attached hydrogen (secondary N) is 1. The number of nitrogens with two attached hydrogens (primary N) is 1. The van der Waals surface area contributed by atoms with Crippen LogP contribution >= 0.6 is 0 Å². The quantitative estimate of drug-likeness (QED) is 0.190. The predicted octanol–water partition coefficient (Wildman–Crippen LogP) is 2.61. The van der Waals surface area contributed by atoms with Crippen LogP contribution in [0.4, 0.5) is 17.2 Å². The van der Waals surface area contributed by atoms with E-state index in [1.54, 1.807) is 13.8 Å². The van der Waals surface area contributed by atoms with E-state index in [1.807, 2.05) is 0 Å². The van der Waals surface area contributed by atoms with Gasteiger partial charge in [0, 0.05) is 19.7 Å². The van der Waals surface area contributed by atoms with Crippen molar-refractivity contribution in [2.75, 3.05) is 37.9 Å². The fourth-order valence-corrected chi connectivity index (χ4v) is 3.16. The molecular weight excluding hydrogens is 450 g/mol. The Bertz CT molecular complexity index is 1240. The van der Waals surface area contributed by atoms with Gasteiger partial charge in [-0.2, -0.15) is 4.98 Å². The third kappa shape index (κ3) is 5.20. The van der Waals surface area contributed by atoms with Crippen molar-refractivity contribution in [1.82, 2.24) is 9.97 Å². The first-order valence-corrected chi connectivity index (χ1v) is 10.2. The van der Waals surface area contributed by atoms with Gasteiger partial charge in [-0.05, 0) is 26.0 Å². The number of aryl methyl sites for hydroxylation is 1. The number of nitrogens with zero attached hydrogens (tertiary/aromatic N) is 3. The largest absolute Gasteiger partial charge is 0.462 e. The summed E-state index contributed by atoms with van der Waals surface area (Å²) in [5.74, 6) is -1.20. The summed E-state index contributed by atoms with van der Waals surface area (Å²) in [4.78, 5) is 43.7. The number of carbonyl (C=O) groups is 2. The summed E-state index contributed by atoms with van der Waals surface area (Å²) >= 11 is 0. The van der Waals surface area contributed by atoms with E-state index in [1.165, 1.54) is 19.2 Å². The van der Waals surface area contributed by atoms with Crippen molar-refractivity contribution in [3.63, 3.8) is 0 Å². The molecule has 2 aromatic heterocycles. The Morgan fingerprint density at radius 1 is 1.24 bits per heavy atom. The second-order valence-corrected chi connectivity index (χ2v) is 6.94. The zero-order valence-electron chi connectivity index (χ0n) is 18.7. The van der Waals surface area contributed by atoms with Crippen LogP contribution in [0.2, 0.25) is 0 Å². The van der Waals surface area contributed by atoms with Gasteiger partial charge in [-0.1, -0.05) is 0 Å². The summed E-state index contributed by atoms with van der Waals surface area (Å²) < 4.78 is 20.6. The summed E-state index contributed by atoms with van der Waals surface area (Å²) in [6.45, 7) is 3.73. The van der Waals surface area contributed by atoms with Crippen molar-refractivity contribution in [2.24, 2.45) is 0 Å². The molecule has 34 heavy (non-hydrogen) atoms. The van der Waals surface area contributed by atoms with Gasteiger partial charge in [0.15, 0.2) is 12.4 Å². The zero-order chi connectivity index (χ0) is 24.8. The van der Waals surface area contributed by atoms with E-state index >= 15 is 0 Å². The highest BCUT2D eigenvalue weighted by molar-refractivity contribution is 6.07. The Morgan fingerprint density at radius 3 is 2.68 bits per heavy atom. The van der Waals surface area contributed by atoms with Gasteiger partial charge in [-0.25, -0.2) is 14.6 Å². The molecule has 3 rings (SSSR count). The van der Waals surface area contributed by atoms with Gasteiger partial charge in [0.2, 0.25) is 5.71 Å². The molecule has 0 amide bonds. The summed E-state index contributed by atoms with van der Waals surface area (Å²) in [6, 6.07) is 3.91. The average Bonchev–Trinajstić information content (AvgIpc) is 3.14. The number of esters is 2. The number of nitro groups is 1. The molecule has 1 aromatic carbocycles. The van der Waals surface area contributed by atoms with Gasteiger partial charge in [0.05, 0.1) is 29.1 Å². The molecule has 0 fully saturated rings. The standard InChI is InChI=1S/C21H23N5O8/c1-4-32-21(28)16-11(2)34-19-17(16)18(22)24-15(25-19)10-33-20(27)12-5-6-13(23-7-8-31-3)14(9-12)26(29)30/h5-6,9,23H,4,7-8,10H2,1-3H3,(H2,22,24,25). The van der Waals surface area contributed by atoms with E-state index in [-0.39, 0.29) is 64.2 Å². The summed E-state index contributed by atoms with van der Waals surface area (Å²) in [7, 11) is 1.51. The maximum atomic E-state index is 12.5. The second-order valence-electron chi connectivity index (χ2n) is 6.94. The van der Waals surface area contributed by atoms with E-state index in [0.29, 0.717) is 13.2 Å². The molecule has 180 valence electrons. The Kier molecular flexibility index (Phi) is 7.58. The van der Waals surface area contributed by atoms with Crippen LogP contribution in [-0.4, -0.2) is 53.7 Å². The fraction of sp³-hybridized carbons (Fsp3) is 0.333. The lowest BCUT2D eigenvalue weighted by Crippen LogP contribution is -2.12. The van der Waals surface area contributed by atoms with Crippen molar-refractivity contribution in [2.45, 2.75) is 20.5 Å². The summed E-state index contributed by atoms with van der Waals surface area (Å²) in [5, 5.41) is 14.5. The Balaban J connectivity index is 1.78. The fourth-order valence-electron chi connectivity index (χ4n) is 3.16. The number of hydrogen-bond donors (Lipinski definition) is 2. The molecule has 2 heterocycles. The molecule has 3 aromatic rings. The molecule has 0 aliphatic rings. The zero-order valence-corrected chi connectivity index (χ0v) is 18.7. The molecular formula is C21H23N5O8. The second kappa shape index (κ2) is 10.6. The lowest BCUT2D eigenvalue weighted by molar-refractivity contribution is -0.384. The van der Waals surface area contributed by atoms with Gasteiger partial charge in [0.1, 0.15) is 22.8 Å². The van der Waals surface area contributed by atoms with Crippen LogP contribution in [0.15, 0.2) is 22.6 Å². The normalized spacial score (nSPS) is 10.8. The van der Waals surface area contributed by atoms with Gasteiger partial charge in [0.25, 0.3) is 5.69 Å². The molecule has 0 unspecified atom stereocenters. The maximum absolute atomic E-state index is 12.5. The summed E-state index contributed by atoms with van der Waals surface area (Å²) in [6.07, 6.45) is 0. The van der Waals surface area contributed by atoms with E-state index < -0.39 is 16.9 Å². The Hall–Kier alpha value is -4.26. The van der Waals surface area contributed by atoms with Crippen LogP contribution in [0.25, 0.3) is 11.1 Å². The third-order valence-corrected chi connectivity index (χ3v) is 4.67. The monoisotopic (exact) mass is 473 g/mol. The highest BCUT2D eigenvalue weighted by atomic mass is 16.6. The van der Waals surface area contributed by atoms with E-state index in [2.05, 4.69) is 15.3 Å². The van der Waals surface area contributed by atoms with E-state index in [9.17, 15) is 19.7 Å². The Labute approximate surface area is 193 Å². The summed E-state index contributed by atoms with van der Waals surface area (Å²) in [5.41, 5.74) is 6.09. The third-order valence-electron chi connectivity index (χ3n) is 4.67. The van der Waals surface area contributed by atoms with Crippen molar-refractivity contribution >= 4 is 40.2 Å². The average molecular weight is 473 g/mol. The number of carbonyl (C=O) groups excluding carboxylic acids is 2. The molecule has 0 saturated heterocycles. The van der Waals surface area contributed by atoms with Crippen molar-refractivity contribution in [3.8, 4) is 0 Å². The van der Waals surface area contributed by atoms with E-state index in [4.69, 9.17) is 24.4 Å². The molecule has 0 atom stereocenters. The highest BCUT2D eigenvalue weighted by Gasteiger charge is 2.24. The van der Waals surface area contributed by atoms with Crippen LogP contribution in [0.5, 0.6) is 0 Å². The number of nitrogen functional groups attached to an aromatic ring is 1. The highest BCUT2D eigenvalue weighted by Crippen LogP contribution is 2.29.